The smallest absolute Gasteiger partial charge is 0.316 e. The predicted molar refractivity (Wildman–Crippen MR) is 121 cm³/mol. The fraction of sp³-hybridized carbons (Fsp3) is 0.190. The molecule has 2 aromatic heterocycles. The fourth-order valence-electron chi connectivity index (χ4n) is 2.78. The Morgan fingerprint density at radius 3 is 2.73 bits per heavy atom. The van der Waals surface area contributed by atoms with Gasteiger partial charge in [-0.3, -0.25) is 4.79 Å². The Labute approximate surface area is 185 Å². The molecule has 2 aromatic carbocycles. The SMILES string of the molecule is COc1cccc(-c2nc(COC(=O)CSc3nc4ccccc4s3)cs2)c1OC. The lowest BCUT2D eigenvalue weighted by Crippen LogP contribution is -2.07. The van der Waals surface area contributed by atoms with E-state index < -0.39 is 0 Å². The van der Waals surface area contributed by atoms with E-state index in [1.54, 1.807) is 25.6 Å². The minimum Gasteiger partial charge on any atom is -0.493 e. The molecule has 0 fully saturated rings. The molecule has 0 saturated heterocycles. The third kappa shape index (κ3) is 4.58. The predicted octanol–water partition coefficient (Wildman–Crippen LogP) is 5.27. The van der Waals surface area contributed by atoms with E-state index in [4.69, 9.17) is 14.2 Å². The first kappa shape index (κ1) is 20.6. The van der Waals surface area contributed by atoms with Crippen LogP contribution in [-0.2, 0) is 16.1 Å². The molecule has 30 heavy (non-hydrogen) atoms. The summed E-state index contributed by atoms with van der Waals surface area (Å²) in [4.78, 5) is 21.2. The van der Waals surface area contributed by atoms with E-state index in [0.29, 0.717) is 17.2 Å². The molecule has 0 aliphatic rings. The van der Waals surface area contributed by atoms with E-state index in [-0.39, 0.29) is 18.3 Å². The molecule has 2 heterocycles. The van der Waals surface area contributed by atoms with Crippen molar-refractivity contribution in [1.82, 2.24) is 9.97 Å². The first-order valence-electron chi connectivity index (χ1n) is 8.97. The molecule has 0 aliphatic heterocycles. The van der Waals surface area contributed by atoms with E-state index in [9.17, 15) is 4.79 Å². The molecule has 0 bridgehead atoms. The number of ether oxygens (including phenoxy) is 3. The number of thiazole rings is 2. The number of hydrogen-bond donors (Lipinski definition) is 0. The second-order valence-corrected chi connectivity index (χ2v) is 9.19. The zero-order chi connectivity index (χ0) is 20.9. The van der Waals surface area contributed by atoms with Gasteiger partial charge in [0.25, 0.3) is 0 Å². The standard InChI is InChI=1S/C21H18N2O4S3/c1-25-16-8-5-6-14(19(16)26-2)20-22-13(11-28-20)10-27-18(24)12-29-21-23-15-7-3-4-9-17(15)30-21/h3-9,11H,10,12H2,1-2H3. The Balaban J connectivity index is 1.34. The number of aromatic nitrogens is 2. The summed E-state index contributed by atoms with van der Waals surface area (Å²) in [6.45, 7) is 0.127. The molecule has 0 atom stereocenters. The number of rotatable bonds is 8. The highest BCUT2D eigenvalue weighted by atomic mass is 32.2. The highest BCUT2D eigenvalue weighted by molar-refractivity contribution is 8.01. The molecule has 6 nitrogen and oxygen atoms in total. The topological polar surface area (TPSA) is 70.5 Å². The zero-order valence-electron chi connectivity index (χ0n) is 16.3. The van der Waals surface area contributed by atoms with E-state index >= 15 is 0 Å². The average molecular weight is 459 g/mol. The second kappa shape index (κ2) is 9.46. The molecule has 0 aliphatic carbocycles. The lowest BCUT2D eigenvalue weighted by Gasteiger charge is -2.10. The molecule has 9 heteroatoms. The van der Waals surface area contributed by atoms with Crippen molar-refractivity contribution in [3.05, 3.63) is 53.5 Å². The van der Waals surface area contributed by atoms with Gasteiger partial charge in [0.1, 0.15) is 11.6 Å². The van der Waals surface area contributed by atoms with Gasteiger partial charge in [0.2, 0.25) is 0 Å². The van der Waals surface area contributed by atoms with Gasteiger partial charge in [-0.25, -0.2) is 9.97 Å². The van der Waals surface area contributed by atoms with Crippen molar-refractivity contribution in [1.29, 1.82) is 0 Å². The molecule has 0 saturated carbocycles. The summed E-state index contributed by atoms with van der Waals surface area (Å²) in [5.41, 5.74) is 2.48. The Bertz CT molecular complexity index is 1140. The number of benzene rings is 2. The third-order valence-corrected chi connectivity index (χ3v) is 7.23. The molecular formula is C21H18N2O4S3. The lowest BCUT2D eigenvalue weighted by molar-refractivity contribution is -0.141. The van der Waals surface area contributed by atoms with Crippen LogP contribution in [0, 0.1) is 0 Å². The van der Waals surface area contributed by atoms with Gasteiger partial charge in [0, 0.05) is 5.38 Å². The van der Waals surface area contributed by atoms with Gasteiger partial charge >= 0.3 is 5.97 Å². The Kier molecular flexibility index (Phi) is 6.51. The first-order valence-corrected chi connectivity index (χ1v) is 11.7. The molecule has 154 valence electrons. The third-order valence-electron chi connectivity index (χ3n) is 4.15. The quantitative estimate of drug-likeness (QED) is 0.263. The van der Waals surface area contributed by atoms with Crippen LogP contribution in [-0.4, -0.2) is 35.9 Å². The fourth-order valence-corrected chi connectivity index (χ4v) is 5.47. The molecule has 4 rings (SSSR count). The number of thioether (sulfide) groups is 1. The van der Waals surface area contributed by atoms with Gasteiger partial charge in [-0.15, -0.1) is 22.7 Å². The summed E-state index contributed by atoms with van der Waals surface area (Å²) in [6, 6.07) is 13.6. The van der Waals surface area contributed by atoms with E-state index in [2.05, 4.69) is 9.97 Å². The van der Waals surface area contributed by atoms with Crippen molar-refractivity contribution in [3.63, 3.8) is 0 Å². The van der Waals surface area contributed by atoms with Gasteiger partial charge in [0.15, 0.2) is 15.8 Å². The van der Waals surface area contributed by atoms with E-state index in [0.717, 1.165) is 25.1 Å². The van der Waals surface area contributed by atoms with E-state index in [1.165, 1.54) is 23.1 Å². The minimum atomic E-state index is -0.298. The highest BCUT2D eigenvalue weighted by Crippen LogP contribution is 2.39. The van der Waals surface area contributed by atoms with E-state index in [1.807, 2.05) is 47.8 Å². The molecule has 0 spiro atoms. The molecule has 4 aromatic rings. The number of esters is 1. The summed E-state index contributed by atoms with van der Waals surface area (Å²) >= 11 is 4.42. The molecule has 0 radical (unpaired) electrons. The van der Waals surface area contributed by atoms with Gasteiger partial charge < -0.3 is 14.2 Å². The summed E-state index contributed by atoms with van der Waals surface area (Å²) in [7, 11) is 3.20. The molecule has 0 amide bonds. The van der Waals surface area contributed by atoms with Crippen molar-refractivity contribution in [3.8, 4) is 22.1 Å². The monoisotopic (exact) mass is 458 g/mol. The minimum absolute atomic E-state index is 0.127. The molecule has 0 N–H and O–H groups in total. The summed E-state index contributed by atoms with van der Waals surface area (Å²) < 4.78 is 18.2. The van der Waals surface area contributed by atoms with Crippen LogP contribution in [0.5, 0.6) is 11.5 Å². The van der Waals surface area contributed by atoms with Gasteiger partial charge in [-0.05, 0) is 24.3 Å². The number of methoxy groups -OCH3 is 2. The highest BCUT2D eigenvalue weighted by Gasteiger charge is 2.15. The van der Waals surface area contributed by atoms with Crippen LogP contribution in [0.2, 0.25) is 0 Å². The van der Waals surface area contributed by atoms with Crippen LogP contribution >= 0.6 is 34.4 Å². The maximum absolute atomic E-state index is 12.1. The Morgan fingerprint density at radius 2 is 1.93 bits per heavy atom. The van der Waals surface area contributed by atoms with Crippen LogP contribution in [0.3, 0.4) is 0 Å². The zero-order valence-corrected chi connectivity index (χ0v) is 18.7. The van der Waals surface area contributed by atoms with Gasteiger partial charge in [-0.2, -0.15) is 0 Å². The molecular weight excluding hydrogens is 440 g/mol. The van der Waals surface area contributed by atoms with Crippen molar-refractivity contribution < 1.29 is 19.0 Å². The summed E-state index contributed by atoms with van der Waals surface area (Å²) in [6.07, 6.45) is 0. The van der Waals surface area contributed by atoms with Crippen molar-refractivity contribution in [2.45, 2.75) is 10.9 Å². The van der Waals surface area contributed by atoms with Crippen LogP contribution in [0.15, 0.2) is 52.2 Å². The number of fused-ring (bicyclic) bond motifs is 1. The number of carbonyl (C=O) groups excluding carboxylic acids is 1. The Hall–Kier alpha value is -2.62. The van der Waals surface area contributed by atoms with Crippen LogP contribution in [0.4, 0.5) is 0 Å². The number of carbonyl (C=O) groups is 1. The van der Waals surface area contributed by atoms with Crippen molar-refractivity contribution in [2.75, 3.05) is 20.0 Å². The summed E-state index contributed by atoms with van der Waals surface area (Å²) in [5.74, 6) is 1.18. The number of para-hydroxylation sites is 2. The maximum atomic E-state index is 12.1. The average Bonchev–Trinajstić information content (AvgIpc) is 3.42. The van der Waals surface area contributed by atoms with Crippen LogP contribution < -0.4 is 9.47 Å². The maximum Gasteiger partial charge on any atom is 0.316 e. The van der Waals surface area contributed by atoms with Crippen molar-refractivity contribution >= 4 is 50.6 Å². The van der Waals surface area contributed by atoms with Gasteiger partial charge in [0.05, 0.1) is 41.4 Å². The summed E-state index contributed by atoms with van der Waals surface area (Å²) in [5, 5.41) is 2.66. The lowest BCUT2D eigenvalue weighted by atomic mass is 10.2. The largest absolute Gasteiger partial charge is 0.493 e. The molecule has 0 unspecified atom stereocenters. The van der Waals surface area contributed by atoms with Gasteiger partial charge in [-0.1, -0.05) is 30.0 Å². The first-order chi connectivity index (χ1) is 14.7. The van der Waals surface area contributed by atoms with Crippen LogP contribution in [0.25, 0.3) is 20.8 Å². The number of hydrogen-bond acceptors (Lipinski definition) is 9. The Morgan fingerprint density at radius 1 is 1.07 bits per heavy atom. The number of nitrogens with zero attached hydrogens (tertiary/aromatic N) is 2. The van der Waals surface area contributed by atoms with Crippen LogP contribution in [0.1, 0.15) is 5.69 Å². The second-order valence-electron chi connectivity index (χ2n) is 6.08. The normalized spacial score (nSPS) is 10.9. The van der Waals surface area contributed by atoms with Crippen molar-refractivity contribution in [2.24, 2.45) is 0 Å².